The average molecular weight is 497 g/mol. The van der Waals surface area contributed by atoms with E-state index in [1.54, 1.807) is 18.2 Å². The number of piperidine rings is 1. The Morgan fingerprint density at radius 3 is 2.11 bits per heavy atom. The van der Waals surface area contributed by atoms with Crippen molar-refractivity contribution in [3.63, 3.8) is 0 Å². The molecule has 11 nitrogen and oxygen atoms in total. The standard InChI is InChI=1S/C25H28N4O7/c30-20-8-7-19(21(31)26-20)29-23(33)17-6-5-16(13-18(17)24(29)34)27-9-11-28(12-10-27)22(32)14-1-3-15(4-2-14)25(35)36/h5-6,13-15,19H,1-4,7-12H2,(H,35,36)(H,26,30,31)/t14-,15-,19?. The zero-order valence-electron chi connectivity index (χ0n) is 19.8. The van der Waals surface area contributed by atoms with Gasteiger partial charge in [0.15, 0.2) is 0 Å². The van der Waals surface area contributed by atoms with E-state index in [9.17, 15) is 28.8 Å². The summed E-state index contributed by atoms with van der Waals surface area (Å²) in [7, 11) is 0. The van der Waals surface area contributed by atoms with Gasteiger partial charge in [-0.05, 0) is 50.3 Å². The molecule has 0 bridgehead atoms. The average Bonchev–Trinajstić information content (AvgIpc) is 3.13. The maximum absolute atomic E-state index is 13.1. The molecule has 3 fully saturated rings. The number of imide groups is 2. The van der Waals surface area contributed by atoms with Crippen molar-refractivity contribution in [3.05, 3.63) is 29.3 Å². The van der Waals surface area contributed by atoms with Gasteiger partial charge in [-0.25, -0.2) is 0 Å². The summed E-state index contributed by atoms with van der Waals surface area (Å²) >= 11 is 0. The lowest BCUT2D eigenvalue weighted by atomic mass is 9.81. The largest absolute Gasteiger partial charge is 0.481 e. The first-order valence-corrected chi connectivity index (χ1v) is 12.4. The molecule has 4 aliphatic rings. The van der Waals surface area contributed by atoms with Crippen LogP contribution >= 0.6 is 0 Å². The predicted octanol–water partition coefficient (Wildman–Crippen LogP) is 0.627. The minimum absolute atomic E-state index is 0.0685. The molecular formula is C25H28N4O7. The van der Waals surface area contributed by atoms with Crippen molar-refractivity contribution >= 4 is 41.2 Å². The van der Waals surface area contributed by atoms with Gasteiger partial charge < -0.3 is 14.9 Å². The second-order valence-corrected chi connectivity index (χ2v) is 9.88. The highest BCUT2D eigenvalue weighted by Gasteiger charge is 2.45. The summed E-state index contributed by atoms with van der Waals surface area (Å²) < 4.78 is 0. The molecule has 5 rings (SSSR count). The van der Waals surface area contributed by atoms with Crippen molar-refractivity contribution in [2.75, 3.05) is 31.1 Å². The number of nitrogens with one attached hydrogen (secondary N) is 1. The van der Waals surface area contributed by atoms with Crippen molar-refractivity contribution in [2.45, 2.75) is 44.6 Å². The first kappa shape index (κ1) is 24.0. The molecule has 3 heterocycles. The van der Waals surface area contributed by atoms with Crippen LogP contribution in [0.1, 0.15) is 59.2 Å². The number of hydrogen-bond acceptors (Lipinski definition) is 7. The third kappa shape index (κ3) is 4.22. The first-order chi connectivity index (χ1) is 17.2. The molecule has 2 saturated heterocycles. The molecule has 0 spiro atoms. The highest BCUT2D eigenvalue weighted by Crippen LogP contribution is 2.32. The molecule has 11 heteroatoms. The van der Waals surface area contributed by atoms with Crippen molar-refractivity contribution in [3.8, 4) is 0 Å². The lowest BCUT2D eigenvalue weighted by molar-refractivity contribution is -0.145. The van der Waals surface area contributed by atoms with E-state index < -0.39 is 35.6 Å². The Morgan fingerprint density at radius 2 is 1.47 bits per heavy atom. The fourth-order valence-electron chi connectivity index (χ4n) is 5.69. The maximum atomic E-state index is 13.1. The van der Waals surface area contributed by atoms with Crippen LogP contribution in [0.4, 0.5) is 5.69 Å². The van der Waals surface area contributed by atoms with E-state index in [4.69, 9.17) is 5.11 Å². The van der Waals surface area contributed by atoms with E-state index in [1.807, 2.05) is 4.90 Å². The van der Waals surface area contributed by atoms with Crippen LogP contribution in [-0.2, 0) is 19.2 Å². The van der Waals surface area contributed by atoms with Crippen LogP contribution in [0.3, 0.4) is 0 Å². The summed E-state index contributed by atoms with van der Waals surface area (Å²) in [6.45, 7) is 2.16. The number of rotatable bonds is 4. The van der Waals surface area contributed by atoms with E-state index in [1.165, 1.54) is 0 Å². The number of aliphatic carboxylic acids is 1. The Labute approximate surface area is 207 Å². The summed E-state index contributed by atoms with van der Waals surface area (Å²) in [5.74, 6) is -3.34. The number of benzene rings is 1. The Bertz CT molecular complexity index is 1150. The quantitative estimate of drug-likeness (QED) is 0.578. The number of piperazine rings is 1. The predicted molar refractivity (Wildman–Crippen MR) is 125 cm³/mol. The van der Waals surface area contributed by atoms with Crippen molar-refractivity contribution in [2.24, 2.45) is 11.8 Å². The number of carbonyl (C=O) groups is 6. The van der Waals surface area contributed by atoms with Crippen LogP contribution in [0.5, 0.6) is 0 Å². The molecular weight excluding hydrogens is 468 g/mol. The minimum Gasteiger partial charge on any atom is -0.481 e. The fraction of sp³-hybridized carbons (Fsp3) is 0.520. The number of anilines is 1. The smallest absolute Gasteiger partial charge is 0.306 e. The van der Waals surface area contributed by atoms with Crippen LogP contribution in [0.15, 0.2) is 18.2 Å². The molecule has 190 valence electrons. The van der Waals surface area contributed by atoms with Crippen molar-refractivity contribution < 1.29 is 33.9 Å². The van der Waals surface area contributed by atoms with Gasteiger partial charge in [0.2, 0.25) is 17.7 Å². The first-order valence-electron chi connectivity index (χ1n) is 12.4. The molecule has 1 saturated carbocycles. The Balaban J connectivity index is 1.22. The van der Waals surface area contributed by atoms with Crippen molar-refractivity contribution in [1.82, 2.24) is 15.1 Å². The second-order valence-electron chi connectivity index (χ2n) is 9.88. The van der Waals surface area contributed by atoms with Crippen LogP contribution in [0.2, 0.25) is 0 Å². The number of carbonyl (C=O) groups excluding carboxylic acids is 5. The molecule has 1 aromatic carbocycles. The molecule has 3 aliphatic heterocycles. The number of carboxylic acids is 1. The molecule has 0 radical (unpaired) electrons. The van der Waals surface area contributed by atoms with Gasteiger partial charge in [0.25, 0.3) is 11.8 Å². The number of hydrogen-bond donors (Lipinski definition) is 2. The topological polar surface area (TPSA) is 144 Å². The highest BCUT2D eigenvalue weighted by molar-refractivity contribution is 6.23. The fourth-order valence-corrected chi connectivity index (χ4v) is 5.69. The third-order valence-corrected chi connectivity index (χ3v) is 7.81. The maximum Gasteiger partial charge on any atom is 0.306 e. The van der Waals surface area contributed by atoms with Crippen LogP contribution in [0, 0.1) is 11.8 Å². The minimum atomic E-state index is -1.00. The van der Waals surface area contributed by atoms with Gasteiger partial charge in [-0.2, -0.15) is 0 Å². The van der Waals surface area contributed by atoms with Gasteiger partial charge in [-0.15, -0.1) is 0 Å². The summed E-state index contributed by atoms with van der Waals surface area (Å²) in [6.07, 6.45) is 2.43. The lowest BCUT2D eigenvalue weighted by Crippen LogP contribution is -2.54. The number of carboxylic acid groups (broad SMARTS) is 1. The number of nitrogens with zero attached hydrogens (tertiary/aromatic N) is 3. The summed E-state index contributed by atoms with van der Waals surface area (Å²) in [5.41, 5.74) is 1.23. The van der Waals surface area contributed by atoms with Crippen LogP contribution in [0.25, 0.3) is 0 Å². The van der Waals surface area contributed by atoms with Crippen LogP contribution < -0.4 is 10.2 Å². The summed E-state index contributed by atoms with van der Waals surface area (Å²) in [6, 6.07) is 4.02. The molecule has 1 unspecified atom stereocenters. The molecule has 2 N–H and O–H groups in total. The summed E-state index contributed by atoms with van der Waals surface area (Å²) in [5, 5.41) is 11.4. The monoisotopic (exact) mass is 496 g/mol. The molecule has 1 atom stereocenters. The lowest BCUT2D eigenvalue weighted by Gasteiger charge is -2.38. The van der Waals surface area contributed by atoms with E-state index in [-0.39, 0.29) is 41.7 Å². The molecule has 5 amide bonds. The zero-order chi connectivity index (χ0) is 25.6. The van der Waals surface area contributed by atoms with Crippen LogP contribution in [-0.4, -0.2) is 82.6 Å². The second kappa shape index (κ2) is 9.36. The highest BCUT2D eigenvalue weighted by atomic mass is 16.4. The van der Waals surface area contributed by atoms with E-state index >= 15 is 0 Å². The van der Waals surface area contributed by atoms with E-state index in [0.29, 0.717) is 51.9 Å². The van der Waals surface area contributed by atoms with Gasteiger partial charge in [0.1, 0.15) is 6.04 Å². The molecule has 1 aromatic rings. The van der Waals surface area contributed by atoms with Gasteiger partial charge in [0, 0.05) is 44.2 Å². The molecule has 0 aromatic heterocycles. The van der Waals surface area contributed by atoms with Gasteiger partial charge in [0.05, 0.1) is 17.0 Å². The van der Waals surface area contributed by atoms with Gasteiger partial charge in [-0.1, -0.05) is 0 Å². The van der Waals surface area contributed by atoms with Crippen molar-refractivity contribution in [1.29, 1.82) is 0 Å². The summed E-state index contributed by atoms with van der Waals surface area (Å²) in [4.78, 5) is 78.6. The normalized spacial score (nSPS) is 26.7. The third-order valence-electron chi connectivity index (χ3n) is 7.81. The SMILES string of the molecule is O=C1CCC(N2C(=O)c3ccc(N4CCN(C(=O)[C@H]5CC[C@H](C(=O)O)CC5)CC4)cc3C2=O)C(=O)N1. The zero-order valence-corrected chi connectivity index (χ0v) is 19.8. The number of amides is 5. The Hall–Kier alpha value is -3.76. The Morgan fingerprint density at radius 1 is 0.833 bits per heavy atom. The van der Waals surface area contributed by atoms with Gasteiger partial charge in [-0.3, -0.25) is 39.0 Å². The van der Waals surface area contributed by atoms with Gasteiger partial charge >= 0.3 is 5.97 Å². The molecule has 1 aliphatic carbocycles. The van der Waals surface area contributed by atoms with E-state index in [2.05, 4.69) is 10.2 Å². The number of fused-ring (bicyclic) bond motifs is 1. The molecule has 36 heavy (non-hydrogen) atoms. The van der Waals surface area contributed by atoms with E-state index in [0.717, 1.165) is 10.6 Å². The Kier molecular flexibility index (Phi) is 6.23.